The van der Waals surface area contributed by atoms with Gasteiger partial charge in [-0.2, -0.15) is 10.2 Å². The number of carbonyl (C=O) groups is 2. The molecule has 1 aromatic heterocycles. The molecule has 0 unspecified atom stereocenters. The number of hydrogen-bond donors (Lipinski definition) is 4. The van der Waals surface area contributed by atoms with Gasteiger partial charge in [-0.15, -0.1) is 0 Å². The minimum atomic E-state index is -4.11. The molecule has 0 spiro atoms. The summed E-state index contributed by atoms with van der Waals surface area (Å²) in [5.41, 5.74) is 14.7. The molecular formula is C24H29N5O5S. The van der Waals surface area contributed by atoms with E-state index in [4.69, 9.17) is 16.3 Å². The molecule has 0 radical (unpaired) electrons. The highest BCUT2D eigenvalue weighted by Gasteiger charge is 2.29. The molecule has 1 amide bonds. The fourth-order valence-corrected chi connectivity index (χ4v) is 4.97. The van der Waals surface area contributed by atoms with Gasteiger partial charge in [0, 0.05) is 48.2 Å². The maximum Gasteiger partial charge on any atom is 0.343 e. The Morgan fingerprint density at radius 1 is 1.03 bits per heavy atom. The minimum Gasteiger partial charge on any atom is -0.399 e. The smallest absolute Gasteiger partial charge is 0.343 e. The summed E-state index contributed by atoms with van der Waals surface area (Å²) in [5.74, 6) is -1.15. The van der Waals surface area contributed by atoms with Crippen molar-refractivity contribution in [3.05, 3.63) is 66.5 Å². The Bertz CT molecular complexity index is 1280. The highest BCUT2D eigenvalue weighted by atomic mass is 32.2. The number of unbranched alkanes of at least 4 members (excludes halogenated alkanes) is 2. The molecule has 6 N–H and O–H groups in total. The minimum absolute atomic E-state index is 0.00263. The molecule has 11 heteroatoms. The summed E-state index contributed by atoms with van der Waals surface area (Å²) in [5, 5.41) is 1.13. The number of primary amides is 1. The number of nitrogen functional groups attached to an aromatic ring is 1. The van der Waals surface area contributed by atoms with Gasteiger partial charge in [-0.3, -0.25) is 9.78 Å². The molecule has 3 aromatic rings. The van der Waals surface area contributed by atoms with Crippen LogP contribution in [-0.4, -0.2) is 37.9 Å². The first-order valence-corrected chi connectivity index (χ1v) is 12.7. The van der Waals surface area contributed by atoms with E-state index in [1.54, 1.807) is 48.7 Å². The maximum absolute atomic E-state index is 13.3. The molecule has 10 nitrogen and oxygen atoms in total. The molecule has 35 heavy (non-hydrogen) atoms. The highest BCUT2D eigenvalue weighted by molar-refractivity contribution is 7.89. The van der Waals surface area contributed by atoms with Gasteiger partial charge in [0.05, 0.1) is 4.90 Å². The molecule has 0 saturated heterocycles. The lowest BCUT2D eigenvalue weighted by Crippen LogP contribution is -2.45. The van der Waals surface area contributed by atoms with Crippen LogP contribution in [0.5, 0.6) is 0 Å². The van der Waals surface area contributed by atoms with Gasteiger partial charge in [0.15, 0.2) is 0 Å². The van der Waals surface area contributed by atoms with E-state index in [0.29, 0.717) is 47.8 Å². The zero-order valence-electron chi connectivity index (χ0n) is 19.1. The molecule has 0 aliphatic carbocycles. The standard InChI is InChI=1S/C24H29N5O5S/c25-20-9-4-3-7-17(20)15-21(24(31)34-28-13-5-1-2-11-23(26)30)29-35(32,33)22-10-6-8-18-16-27-14-12-19(18)22/h3-4,6-10,12,14,16,21,28-29H,1-2,5,11,13,15,25H2,(H2,26,30)/t21-/m0/s1. The number of anilines is 1. The largest absolute Gasteiger partial charge is 0.399 e. The van der Waals surface area contributed by atoms with E-state index in [1.807, 2.05) is 0 Å². The van der Waals surface area contributed by atoms with Gasteiger partial charge in [-0.1, -0.05) is 36.8 Å². The predicted molar refractivity (Wildman–Crippen MR) is 132 cm³/mol. The van der Waals surface area contributed by atoms with E-state index >= 15 is 0 Å². The van der Waals surface area contributed by atoms with E-state index in [2.05, 4.69) is 15.2 Å². The first-order valence-electron chi connectivity index (χ1n) is 11.2. The Hall–Kier alpha value is -3.54. The second kappa shape index (κ2) is 12.2. The van der Waals surface area contributed by atoms with Crippen molar-refractivity contribution in [1.29, 1.82) is 0 Å². The number of amides is 1. The van der Waals surface area contributed by atoms with Crippen molar-refractivity contribution in [1.82, 2.24) is 15.2 Å². The third kappa shape index (κ3) is 7.47. The SMILES string of the molecule is NC(=O)CCCCCNOC(=O)[C@H](Cc1ccccc1N)NS(=O)(=O)c1cccc2cnccc12. The first kappa shape index (κ1) is 26.1. The van der Waals surface area contributed by atoms with Crippen molar-refractivity contribution in [3.8, 4) is 0 Å². The lowest BCUT2D eigenvalue weighted by atomic mass is 10.1. The lowest BCUT2D eigenvalue weighted by Gasteiger charge is -2.19. The average Bonchev–Trinajstić information content (AvgIpc) is 2.83. The van der Waals surface area contributed by atoms with Crippen molar-refractivity contribution < 1.29 is 22.8 Å². The Morgan fingerprint density at radius 2 is 1.83 bits per heavy atom. The van der Waals surface area contributed by atoms with E-state index in [9.17, 15) is 18.0 Å². The monoisotopic (exact) mass is 499 g/mol. The summed E-state index contributed by atoms with van der Waals surface area (Å²) in [6, 6.07) is 12.1. The van der Waals surface area contributed by atoms with E-state index in [1.165, 1.54) is 12.3 Å². The van der Waals surface area contributed by atoms with Crippen molar-refractivity contribution in [2.75, 3.05) is 12.3 Å². The topological polar surface area (TPSA) is 166 Å². The third-order valence-electron chi connectivity index (χ3n) is 5.37. The Morgan fingerprint density at radius 3 is 2.60 bits per heavy atom. The molecule has 1 atom stereocenters. The number of nitrogens with one attached hydrogen (secondary N) is 2. The Balaban J connectivity index is 1.73. The summed E-state index contributed by atoms with van der Waals surface area (Å²) in [4.78, 5) is 32.9. The van der Waals surface area contributed by atoms with E-state index in [-0.39, 0.29) is 17.2 Å². The molecule has 1 heterocycles. The number of hydroxylamine groups is 1. The molecule has 0 saturated carbocycles. The van der Waals surface area contributed by atoms with Gasteiger partial charge in [-0.05, 0) is 36.6 Å². The number of para-hydroxylation sites is 1. The molecule has 2 aromatic carbocycles. The van der Waals surface area contributed by atoms with E-state index in [0.717, 1.165) is 6.42 Å². The van der Waals surface area contributed by atoms with Gasteiger partial charge < -0.3 is 16.3 Å². The van der Waals surface area contributed by atoms with Crippen LogP contribution in [0.4, 0.5) is 5.69 Å². The summed E-state index contributed by atoms with van der Waals surface area (Å²) < 4.78 is 29.1. The summed E-state index contributed by atoms with van der Waals surface area (Å²) in [6.07, 6.45) is 5.38. The number of benzene rings is 2. The van der Waals surface area contributed by atoms with Crippen LogP contribution in [-0.2, 0) is 30.9 Å². The lowest BCUT2D eigenvalue weighted by molar-refractivity contribution is -0.153. The second-order valence-electron chi connectivity index (χ2n) is 8.02. The summed E-state index contributed by atoms with van der Waals surface area (Å²) in [6.45, 7) is 0.341. The van der Waals surface area contributed by atoms with Crippen LogP contribution < -0.4 is 21.7 Å². The van der Waals surface area contributed by atoms with Gasteiger partial charge >= 0.3 is 5.97 Å². The normalized spacial score (nSPS) is 12.3. The Labute approximate surface area is 204 Å². The number of nitrogens with zero attached hydrogens (tertiary/aromatic N) is 1. The van der Waals surface area contributed by atoms with Crippen molar-refractivity contribution in [2.45, 2.75) is 43.0 Å². The van der Waals surface area contributed by atoms with Gasteiger partial charge in [0.1, 0.15) is 6.04 Å². The van der Waals surface area contributed by atoms with Crippen LogP contribution in [0.25, 0.3) is 10.8 Å². The second-order valence-corrected chi connectivity index (χ2v) is 9.70. The number of fused-ring (bicyclic) bond motifs is 1. The molecule has 186 valence electrons. The quantitative estimate of drug-likeness (QED) is 0.157. The maximum atomic E-state index is 13.3. The average molecular weight is 500 g/mol. The molecule has 3 rings (SSSR count). The number of hydrogen-bond acceptors (Lipinski definition) is 8. The van der Waals surface area contributed by atoms with Gasteiger partial charge in [0.25, 0.3) is 0 Å². The van der Waals surface area contributed by atoms with Gasteiger partial charge in [0.2, 0.25) is 15.9 Å². The van der Waals surface area contributed by atoms with Crippen molar-refractivity contribution in [3.63, 3.8) is 0 Å². The molecular weight excluding hydrogens is 470 g/mol. The zero-order chi connectivity index (χ0) is 25.3. The number of pyridine rings is 1. The number of carbonyl (C=O) groups excluding carboxylic acids is 2. The van der Waals surface area contributed by atoms with Crippen molar-refractivity contribution in [2.24, 2.45) is 5.73 Å². The van der Waals surface area contributed by atoms with Gasteiger partial charge in [-0.25, -0.2) is 13.2 Å². The van der Waals surface area contributed by atoms with Crippen LogP contribution in [0.15, 0.2) is 65.8 Å². The molecule has 0 aliphatic heterocycles. The fraction of sp³-hybridized carbons (Fsp3) is 0.292. The van der Waals surface area contributed by atoms with Crippen LogP contribution in [0.3, 0.4) is 0 Å². The van der Waals surface area contributed by atoms with Crippen LogP contribution in [0.1, 0.15) is 31.2 Å². The van der Waals surface area contributed by atoms with Crippen LogP contribution in [0.2, 0.25) is 0 Å². The van der Waals surface area contributed by atoms with Crippen molar-refractivity contribution >= 4 is 38.4 Å². The zero-order valence-corrected chi connectivity index (χ0v) is 20.0. The number of rotatable bonds is 13. The first-order chi connectivity index (χ1) is 16.8. The molecule has 0 aliphatic rings. The number of sulfonamides is 1. The highest BCUT2D eigenvalue weighted by Crippen LogP contribution is 2.23. The van der Waals surface area contributed by atoms with E-state index < -0.39 is 22.0 Å². The number of aromatic nitrogens is 1. The fourth-order valence-electron chi connectivity index (χ4n) is 3.56. The molecule has 0 bridgehead atoms. The summed E-state index contributed by atoms with van der Waals surface area (Å²) >= 11 is 0. The van der Waals surface area contributed by atoms with Crippen LogP contribution >= 0.6 is 0 Å². The third-order valence-corrected chi connectivity index (χ3v) is 6.90. The Kier molecular flexibility index (Phi) is 9.12. The summed E-state index contributed by atoms with van der Waals surface area (Å²) in [7, 11) is -4.11. The molecule has 0 fully saturated rings. The number of nitrogens with two attached hydrogens (primary N) is 2. The predicted octanol–water partition coefficient (Wildman–Crippen LogP) is 1.80. The van der Waals surface area contributed by atoms with Crippen LogP contribution in [0, 0.1) is 0 Å².